The van der Waals surface area contributed by atoms with Crippen molar-refractivity contribution in [2.75, 3.05) is 7.11 Å². The van der Waals surface area contributed by atoms with Gasteiger partial charge in [-0.25, -0.2) is 4.98 Å². The van der Waals surface area contributed by atoms with Crippen molar-refractivity contribution in [3.05, 3.63) is 34.8 Å². The van der Waals surface area contributed by atoms with E-state index < -0.39 is 0 Å². The van der Waals surface area contributed by atoms with E-state index in [1.165, 1.54) is 10.6 Å². The van der Waals surface area contributed by atoms with E-state index in [1.54, 1.807) is 18.4 Å². The van der Waals surface area contributed by atoms with Crippen LogP contribution in [0.5, 0.6) is 5.75 Å². The average molecular weight is 304 g/mol. The maximum atomic E-state index is 5.30. The molecule has 0 fully saturated rings. The van der Waals surface area contributed by atoms with Gasteiger partial charge in [0.1, 0.15) is 10.8 Å². The van der Waals surface area contributed by atoms with E-state index in [2.05, 4.69) is 39.1 Å². The molecule has 2 rings (SSSR count). The van der Waals surface area contributed by atoms with Gasteiger partial charge in [-0.15, -0.1) is 11.3 Å². The topological polar surface area (TPSA) is 34.1 Å². The van der Waals surface area contributed by atoms with Crippen molar-refractivity contribution in [2.45, 2.75) is 46.2 Å². The molecule has 3 nitrogen and oxygen atoms in total. The van der Waals surface area contributed by atoms with E-state index in [0.29, 0.717) is 12.0 Å². The quantitative estimate of drug-likeness (QED) is 0.856. The predicted octanol–water partition coefficient (Wildman–Crippen LogP) is 4.44. The molecule has 1 aromatic carbocycles. The lowest BCUT2D eigenvalue weighted by molar-refractivity contribution is 0.415. The molecular weight excluding hydrogens is 280 g/mol. The fourth-order valence-corrected chi connectivity index (χ4v) is 3.28. The highest BCUT2D eigenvalue weighted by Crippen LogP contribution is 2.33. The van der Waals surface area contributed by atoms with Crippen LogP contribution >= 0.6 is 11.3 Å². The minimum atomic E-state index is 0.435. The van der Waals surface area contributed by atoms with Crippen molar-refractivity contribution >= 4 is 11.3 Å². The molecule has 0 aliphatic carbocycles. The van der Waals surface area contributed by atoms with Gasteiger partial charge in [-0.1, -0.05) is 39.8 Å². The number of nitrogens with one attached hydrogen (secondary N) is 1. The maximum Gasteiger partial charge on any atom is 0.124 e. The molecule has 21 heavy (non-hydrogen) atoms. The molecule has 2 aromatic rings. The minimum absolute atomic E-state index is 0.435. The van der Waals surface area contributed by atoms with Gasteiger partial charge in [-0.3, -0.25) is 0 Å². The zero-order chi connectivity index (χ0) is 15.4. The van der Waals surface area contributed by atoms with Gasteiger partial charge in [-0.05, 0) is 18.1 Å². The van der Waals surface area contributed by atoms with Crippen LogP contribution in [0.4, 0.5) is 0 Å². The molecule has 0 unspecified atom stereocenters. The highest BCUT2D eigenvalue weighted by Gasteiger charge is 2.15. The first kappa shape index (κ1) is 16.0. The lowest BCUT2D eigenvalue weighted by Gasteiger charge is -2.09. The van der Waals surface area contributed by atoms with Crippen LogP contribution in [0.25, 0.3) is 10.6 Å². The number of benzene rings is 1. The number of aromatic nitrogens is 1. The first-order chi connectivity index (χ1) is 10.0. The molecule has 0 saturated carbocycles. The number of hydrogen-bond donors (Lipinski definition) is 1. The van der Waals surface area contributed by atoms with Crippen LogP contribution in [0.15, 0.2) is 24.3 Å². The van der Waals surface area contributed by atoms with Crippen molar-refractivity contribution < 1.29 is 4.74 Å². The van der Waals surface area contributed by atoms with Crippen molar-refractivity contribution in [2.24, 2.45) is 0 Å². The summed E-state index contributed by atoms with van der Waals surface area (Å²) in [6.07, 6.45) is 0. The number of nitrogens with zero attached hydrogens (tertiary/aromatic N) is 1. The van der Waals surface area contributed by atoms with Crippen LogP contribution in [-0.2, 0) is 6.54 Å². The normalized spacial score (nSPS) is 11.4. The van der Waals surface area contributed by atoms with Crippen molar-refractivity contribution in [3.63, 3.8) is 0 Å². The largest absolute Gasteiger partial charge is 0.497 e. The number of thiazole rings is 1. The molecule has 1 heterocycles. The highest BCUT2D eigenvalue weighted by molar-refractivity contribution is 7.15. The summed E-state index contributed by atoms with van der Waals surface area (Å²) in [4.78, 5) is 6.19. The second kappa shape index (κ2) is 7.05. The Morgan fingerprint density at radius 1 is 1.24 bits per heavy atom. The second-order valence-corrected chi connectivity index (χ2v) is 6.83. The van der Waals surface area contributed by atoms with Gasteiger partial charge in [0.2, 0.25) is 0 Å². The molecule has 1 N–H and O–H groups in total. The third kappa shape index (κ3) is 4.05. The summed E-state index contributed by atoms with van der Waals surface area (Å²) in [6.45, 7) is 9.61. The molecule has 0 saturated heterocycles. The standard InChI is InChI=1S/C17H24N2OS/c1-11(2)16-15(10-18-12(3)4)21-17(19-16)13-7-6-8-14(9-13)20-5/h6-9,11-12,18H,10H2,1-5H3. The van der Waals surface area contributed by atoms with Gasteiger partial charge in [0.25, 0.3) is 0 Å². The van der Waals surface area contributed by atoms with Gasteiger partial charge in [0, 0.05) is 23.0 Å². The molecule has 0 bridgehead atoms. The van der Waals surface area contributed by atoms with Gasteiger partial charge < -0.3 is 10.1 Å². The van der Waals surface area contributed by atoms with E-state index in [1.807, 2.05) is 18.2 Å². The SMILES string of the molecule is COc1cccc(-c2nc(C(C)C)c(CNC(C)C)s2)c1. The van der Waals surface area contributed by atoms with Crippen LogP contribution in [0.3, 0.4) is 0 Å². The summed E-state index contributed by atoms with van der Waals surface area (Å²) < 4.78 is 5.30. The van der Waals surface area contributed by atoms with Crippen molar-refractivity contribution in [1.82, 2.24) is 10.3 Å². The zero-order valence-corrected chi connectivity index (χ0v) is 14.3. The highest BCUT2D eigenvalue weighted by atomic mass is 32.1. The molecule has 0 aliphatic rings. The maximum absolute atomic E-state index is 5.30. The molecule has 0 amide bonds. The number of rotatable bonds is 6. The third-order valence-corrected chi connectivity index (χ3v) is 4.38. The Labute approximate surface area is 131 Å². The zero-order valence-electron chi connectivity index (χ0n) is 13.4. The summed E-state index contributed by atoms with van der Waals surface area (Å²) in [7, 11) is 1.69. The monoisotopic (exact) mass is 304 g/mol. The van der Waals surface area contributed by atoms with Gasteiger partial charge >= 0.3 is 0 Å². The molecule has 1 aromatic heterocycles. The minimum Gasteiger partial charge on any atom is -0.497 e. The number of hydrogen-bond acceptors (Lipinski definition) is 4. The molecular formula is C17H24N2OS. The first-order valence-corrected chi connectivity index (χ1v) is 8.20. The molecule has 0 atom stereocenters. The fraction of sp³-hybridized carbons (Fsp3) is 0.471. The van der Waals surface area contributed by atoms with E-state index in [9.17, 15) is 0 Å². The van der Waals surface area contributed by atoms with Crippen LogP contribution in [0.1, 0.15) is 44.2 Å². The van der Waals surface area contributed by atoms with Gasteiger partial charge in [0.15, 0.2) is 0 Å². The average Bonchev–Trinajstić information content (AvgIpc) is 2.89. The fourth-order valence-electron chi connectivity index (χ4n) is 2.12. The lowest BCUT2D eigenvalue weighted by atomic mass is 10.1. The van der Waals surface area contributed by atoms with Crippen LogP contribution in [0, 0.1) is 0 Å². The molecule has 0 aliphatic heterocycles. The first-order valence-electron chi connectivity index (χ1n) is 7.38. The summed E-state index contributed by atoms with van der Waals surface area (Å²) in [6, 6.07) is 8.58. The Hall–Kier alpha value is -1.39. The van der Waals surface area contributed by atoms with E-state index in [4.69, 9.17) is 9.72 Å². The van der Waals surface area contributed by atoms with E-state index in [-0.39, 0.29) is 0 Å². The third-order valence-electron chi connectivity index (χ3n) is 3.26. The van der Waals surface area contributed by atoms with Crippen LogP contribution in [-0.4, -0.2) is 18.1 Å². The second-order valence-electron chi connectivity index (χ2n) is 5.75. The Morgan fingerprint density at radius 2 is 2.00 bits per heavy atom. The Morgan fingerprint density at radius 3 is 2.62 bits per heavy atom. The van der Waals surface area contributed by atoms with Crippen LogP contribution in [0.2, 0.25) is 0 Å². The molecule has 0 spiro atoms. The van der Waals surface area contributed by atoms with Gasteiger partial charge in [0.05, 0.1) is 12.8 Å². The van der Waals surface area contributed by atoms with E-state index >= 15 is 0 Å². The lowest BCUT2D eigenvalue weighted by Crippen LogP contribution is -2.22. The van der Waals surface area contributed by atoms with Crippen molar-refractivity contribution in [1.29, 1.82) is 0 Å². The Kier molecular flexibility index (Phi) is 5.37. The predicted molar refractivity (Wildman–Crippen MR) is 90.2 cm³/mol. The summed E-state index contributed by atoms with van der Waals surface area (Å²) in [5, 5.41) is 4.56. The number of methoxy groups -OCH3 is 1. The summed E-state index contributed by atoms with van der Waals surface area (Å²) in [5.74, 6) is 1.31. The number of ether oxygens (including phenoxy) is 1. The summed E-state index contributed by atoms with van der Waals surface area (Å²) in [5.41, 5.74) is 2.32. The smallest absolute Gasteiger partial charge is 0.124 e. The van der Waals surface area contributed by atoms with Gasteiger partial charge in [-0.2, -0.15) is 0 Å². The Bertz CT molecular complexity index is 590. The van der Waals surface area contributed by atoms with E-state index in [0.717, 1.165) is 22.9 Å². The molecule has 114 valence electrons. The molecule has 0 radical (unpaired) electrons. The van der Waals surface area contributed by atoms with Crippen LogP contribution < -0.4 is 10.1 Å². The van der Waals surface area contributed by atoms with Crippen molar-refractivity contribution in [3.8, 4) is 16.3 Å². The summed E-state index contributed by atoms with van der Waals surface area (Å²) >= 11 is 1.77. The molecule has 4 heteroatoms. The Balaban J connectivity index is 2.33.